The van der Waals surface area contributed by atoms with Crippen LogP contribution in [0.5, 0.6) is 5.75 Å². The van der Waals surface area contributed by atoms with E-state index in [0.29, 0.717) is 24.5 Å². The molecule has 0 saturated carbocycles. The van der Waals surface area contributed by atoms with Gasteiger partial charge in [0.1, 0.15) is 12.4 Å². The number of hydrogen-bond acceptors (Lipinski definition) is 4. The maximum atomic E-state index is 11.0. The lowest BCUT2D eigenvalue weighted by molar-refractivity contribution is -0.385. The molecule has 0 atom stereocenters. The lowest BCUT2D eigenvalue weighted by Crippen LogP contribution is -2.37. The van der Waals surface area contributed by atoms with Crippen LogP contribution in [-0.2, 0) is 0 Å². The van der Waals surface area contributed by atoms with E-state index in [-0.39, 0.29) is 11.2 Å². The second-order valence-electron chi connectivity index (χ2n) is 6.30. The number of nitrogens with zero attached hydrogens (tertiary/aromatic N) is 1. The zero-order valence-corrected chi connectivity index (χ0v) is 13.4. The Bertz CT molecular complexity index is 545. The highest BCUT2D eigenvalue weighted by Gasteiger charge is 2.15. The summed E-state index contributed by atoms with van der Waals surface area (Å²) < 4.78 is 5.67. The quantitative estimate of drug-likeness (QED) is 0.495. The van der Waals surface area contributed by atoms with Crippen LogP contribution in [0.3, 0.4) is 0 Å². The van der Waals surface area contributed by atoms with Gasteiger partial charge in [0.15, 0.2) is 0 Å². The van der Waals surface area contributed by atoms with Crippen LogP contribution in [0, 0.1) is 24.0 Å². The number of benzene rings is 1. The minimum Gasteiger partial charge on any atom is -0.489 e. The molecule has 1 aromatic carbocycles. The van der Waals surface area contributed by atoms with Crippen LogP contribution < -0.4 is 10.1 Å². The number of hydrogen-bond donors (Lipinski definition) is 1. The van der Waals surface area contributed by atoms with Gasteiger partial charge in [-0.05, 0) is 51.8 Å². The molecule has 0 heterocycles. The van der Waals surface area contributed by atoms with E-state index in [4.69, 9.17) is 4.74 Å². The van der Waals surface area contributed by atoms with Crippen LogP contribution in [0.4, 0.5) is 5.69 Å². The first-order chi connectivity index (χ1) is 9.60. The van der Waals surface area contributed by atoms with Crippen molar-refractivity contribution < 1.29 is 9.66 Å². The third-order valence-electron chi connectivity index (χ3n) is 2.99. The number of aryl methyl sites for hydroxylation is 2. The summed E-state index contributed by atoms with van der Waals surface area (Å²) in [6.45, 7) is 14.8. The number of nitrogens with one attached hydrogen (secondary N) is 1. The average molecular weight is 292 g/mol. The zero-order valence-electron chi connectivity index (χ0n) is 13.4. The van der Waals surface area contributed by atoms with Crippen molar-refractivity contribution in [3.05, 3.63) is 45.5 Å². The Balaban J connectivity index is 2.69. The molecule has 1 aromatic rings. The first kappa shape index (κ1) is 17.2. The van der Waals surface area contributed by atoms with Crippen LogP contribution in [0.1, 0.15) is 31.9 Å². The molecule has 0 aromatic heterocycles. The highest BCUT2D eigenvalue weighted by Crippen LogP contribution is 2.28. The van der Waals surface area contributed by atoms with Gasteiger partial charge in [0.2, 0.25) is 0 Å². The smallest absolute Gasteiger partial charge is 0.276 e. The molecule has 5 nitrogen and oxygen atoms in total. The first-order valence-corrected chi connectivity index (χ1v) is 6.90. The Morgan fingerprint density at radius 2 is 1.95 bits per heavy atom. The predicted molar refractivity (Wildman–Crippen MR) is 85.0 cm³/mol. The SMILES string of the molecule is C=C(CNC(C)(C)C)COc1cc([N+](=O)[O-])c(C)cc1C. The molecule has 0 amide bonds. The van der Waals surface area contributed by atoms with E-state index >= 15 is 0 Å². The summed E-state index contributed by atoms with van der Waals surface area (Å²) in [5.74, 6) is 0.532. The summed E-state index contributed by atoms with van der Waals surface area (Å²) >= 11 is 0. The van der Waals surface area contributed by atoms with E-state index in [2.05, 4.69) is 32.7 Å². The predicted octanol–water partition coefficient (Wildman–Crippen LogP) is 3.53. The van der Waals surface area contributed by atoms with Gasteiger partial charge in [-0.25, -0.2) is 0 Å². The van der Waals surface area contributed by atoms with Crippen molar-refractivity contribution in [1.82, 2.24) is 5.32 Å². The third kappa shape index (κ3) is 5.55. The largest absolute Gasteiger partial charge is 0.489 e. The maximum Gasteiger partial charge on any atom is 0.276 e. The highest BCUT2D eigenvalue weighted by molar-refractivity contribution is 5.49. The van der Waals surface area contributed by atoms with Crippen molar-refractivity contribution in [1.29, 1.82) is 0 Å². The van der Waals surface area contributed by atoms with Crippen molar-refractivity contribution in [2.24, 2.45) is 0 Å². The molecule has 0 aliphatic heterocycles. The van der Waals surface area contributed by atoms with E-state index in [9.17, 15) is 10.1 Å². The molecule has 0 aliphatic carbocycles. The Kier molecular flexibility index (Phi) is 5.49. The molecule has 1 N–H and O–H groups in total. The summed E-state index contributed by atoms with van der Waals surface area (Å²) in [5.41, 5.74) is 2.51. The van der Waals surface area contributed by atoms with Gasteiger partial charge in [-0.2, -0.15) is 0 Å². The van der Waals surface area contributed by atoms with Crippen LogP contribution in [-0.4, -0.2) is 23.6 Å². The highest BCUT2D eigenvalue weighted by atomic mass is 16.6. The monoisotopic (exact) mass is 292 g/mol. The fourth-order valence-corrected chi connectivity index (χ4v) is 1.79. The van der Waals surface area contributed by atoms with E-state index in [0.717, 1.165) is 11.1 Å². The van der Waals surface area contributed by atoms with Crippen LogP contribution in [0.25, 0.3) is 0 Å². The van der Waals surface area contributed by atoms with Gasteiger partial charge in [0, 0.05) is 17.6 Å². The average Bonchev–Trinajstić information content (AvgIpc) is 2.34. The number of ether oxygens (including phenoxy) is 1. The molecule has 0 saturated heterocycles. The molecular formula is C16H24N2O3. The molecular weight excluding hydrogens is 268 g/mol. The molecule has 21 heavy (non-hydrogen) atoms. The number of nitro groups is 1. The summed E-state index contributed by atoms with van der Waals surface area (Å²) in [4.78, 5) is 10.6. The summed E-state index contributed by atoms with van der Waals surface area (Å²) in [7, 11) is 0. The summed E-state index contributed by atoms with van der Waals surface area (Å²) in [6.07, 6.45) is 0. The number of rotatable bonds is 6. The topological polar surface area (TPSA) is 64.4 Å². The fraction of sp³-hybridized carbons (Fsp3) is 0.500. The molecule has 0 unspecified atom stereocenters. The second kappa shape index (κ2) is 6.72. The van der Waals surface area contributed by atoms with Gasteiger partial charge < -0.3 is 10.1 Å². The van der Waals surface area contributed by atoms with Crippen LogP contribution >= 0.6 is 0 Å². The third-order valence-corrected chi connectivity index (χ3v) is 2.99. The van der Waals surface area contributed by atoms with Crippen molar-refractivity contribution in [2.75, 3.05) is 13.2 Å². The van der Waals surface area contributed by atoms with Gasteiger partial charge in [-0.3, -0.25) is 10.1 Å². The molecule has 0 fully saturated rings. The van der Waals surface area contributed by atoms with E-state index in [1.165, 1.54) is 6.07 Å². The minimum atomic E-state index is -0.391. The molecule has 116 valence electrons. The van der Waals surface area contributed by atoms with Crippen molar-refractivity contribution >= 4 is 5.69 Å². The lowest BCUT2D eigenvalue weighted by atomic mass is 10.1. The van der Waals surface area contributed by atoms with Crippen molar-refractivity contribution in [3.8, 4) is 5.75 Å². The van der Waals surface area contributed by atoms with E-state index < -0.39 is 4.92 Å². The molecule has 0 bridgehead atoms. The van der Waals surface area contributed by atoms with Gasteiger partial charge >= 0.3 is 0 Å². The van der Waals surface area contributed by atoms with Gasteiger partial charge in [0.25, 0.3) is 5.69 Å². The summed E-state index contributed by atoms with van der Waals surface area (Å²) in [6, 6.07) is 3.25. The molecule has 1 rings (SSSR count). The fourth-order valence-electron chi connectivity index (χ4n) is 1.79. The Morgan fingerprint density at radius 3 is 2.48 bits per heavy atom. The molecule has 0 aliphatic rings. The van der Waals surface area contributed by atoms with Crippen molar-refractivity contribution in [3.63, 3.8) is 0 Å². The zero-order chi connectivity index (χ0) is 16.2. The van der Waals surface area contributed by atoms with E-state index in [1.807, 2.05) is 6.92 Å². The van der Waals surface area contributed by atoms with E-state index in [1.54, 1.807) is 13.0 Å². The second-order valence-corrected chi connectivity index (χ2v) is 6.30. The molecule has 0 radical (unpaired) electrons. The van der Waals surface area contributed by atoms with Gasteiger partial charge in [0.05, 0.1) is 11.0 Å². The Hall–Kier alpha value is -1.88. The Morgan fingerprint density at radius 1 is 1.33 bits per heavy atom. The van der Waals surface area contributed by atoms with Crippen LogP contribution in [0.2, 0.25) is 0 Å². The molecule has 0 spiro atoms. The first-order valence-electron chi connectivity index (χ1n) is 6.90. The lowest BCUT2D eigenvalue weighted by Gasteiger charge is -2.21. The minimum absolute atomic E-state index is 0.0154. The summed E-state index contributed by atoms with van der Waals surface area (Å²) in [5, 5.41) is 14.3. The standard InChI is InChI=1S/C16H24N2O3/c1-11(9-17-16(4,5)6)10-21-15-8-14(18(19)20)12(2)7-13(15)3/h7-8,17H,1,9-10H2,2-6H3. The van der Waals surface area contributed by atoms with Crippen LogP contribution in [0.15, 0.2) is 24.3 Å². The molecule has 5 heteroatoms. The normalized spacial score (nSPS) is 11.3. The Labute approximate surface area is 126 Å². The van der Waals surface area contributed by atoms with Gasteiger partial charge in [-0.15, -0.1) is 0 Å². The van der Waals surface area contributed by atoms with Crippen molar-refractivity contribution in [2.45, 2.75) is 40.2 Å². The maximum absolute atomic E-state index is 11.0. The number of nitro benzene ring substituents is 1. The van der Waals surface area contributed by atoms with Gasteiger partial charge in [-0.1, -0.05) is 6.58 Å².